The van der Waals surface area contributed by atoms with Gasteiger partial charge in [-0.2, -0.15) is 23.1 Å². The normalized spacial score (nSPS) is 26.8. The minimum absolute atomic E-state index is 0.0641. The topological polar surface area (TPSA) is 102 Å². The van der Waals surface area contributed by atoms with Crippen molar-refractivity contribution in [2.24, 2.45) is 0 Å². The molecule has 3 saturated heterocycles. The lowest BCUT2D eigenvalue weighted by atomic mass is 9.95. The SMILES string of the molecule is Cc1c(F)c(N)cc(-c2nc3c4c(nc(OCC56CCCN5C[C@H](F)C6)nc4c2F)N2CCNC[C@@H]2[C@@H](C)O3)c1C(F)(F)F. The van der Waals surface area contributed by atoms with Gasteiger partial charge in [0.05, 0.1) is 22.8 Å². The Balaban J connectivity index is 1.43. The van der Waals surface area contributed by atoms with E-state index in [1.807, 2.05) is 4.90 Å². The number of rotatable bonds is 4. The van der Waals surface area contributed by atoms with Gasteiger partial charge in [-0.3, -0.25) is 4.90 Å². The molecule has 6 heterocycles. The van der Waals surface area contributed by atoms with Crippen molar-refractivity contribution in [2.45, 2.75) is 63.1 Å². The third kappa shape index (κ3) is 4.49. The molecule has 0 aliphatic carbocycles. The Hall–Kier alpha value is -3.59. The highest BCUT2D eigenvalue weighted by molar-refractivity contribution is 5.97. The molecule has 0 saturated carbocycles. The van der Waals surface area contributed by atoms with E-state index in [1.165, 1.54) is 0 Å². The molecule has 236 valence electrons. The second kappa shape index (κ2) is 10.2. The number of aromatic nitrogens is 3. The van der Waals surface area contributed by atoms with Crippen LogP contribution < -0.4 is 25.4 Å². The highest BCUT2D eigenvalue weighted by Gasteiger charge is 2.49. The van der Waals surface area contributed by atoms with Crippen molar-refractivity contribution in [3.63, 3.8) is 0 Å². The van der Waals surface area contributed by atoms with Crippen LogP contribution in [0.4, 0.5) is 37.8 Å². The number of nitrogens with zero attached hydrogens (tertiary/aromatic N) is 5. The van der Waals surface area contributed by atoms with Crippen LogP contribution in [0.2, 0.25) is 0 Å². The molecular formula is C29H31F6N7O2. The first kappa shape index (κ1) is 29.1. The van der Waals surface area contributed by atoms with Crippen molar-refractivity contribution in [3.05, 3.63) is 28.8 Å². The third-order valence-corrected chi connectivity index (χ3v) is 9.40. The molecule has 3 N–H and O–H groups in total. The number of ether oxygens (including phenoxy) is 2. The molecule has 7 rings (SSSR count). The lowest BCUT2D eigenvalue weighted by molar-refractivity contribution is -0.137. The van der Waals surface area contributed by atoms with Gasteiger partial charge in [-0.1, -0.05) is 0 Å². The fraction of sp³-hybridized carbons (Fsp3) is 0.552. The molecule has 0 amide bonds. The van der Waals surface area contributed by atoms with Crippen molar-refractivity contribution in [3.8, 4) is 23.1 Å². The van der Waals surface area contributed by atoms with Crippen LogP contribution in [-0.2, 0) is 6.18 Å². The van der Waals surface area contributed by atoms with E-state index in [0.29, 0.717) is 26.2 Å². The van der Waals surface area contributed by atoms with Gasteiger partial charge in [0.2, 0.25) is 5.88 Å². The van der Waals surface area contributed by atoms with Crippen molar-refractivity contribution in [2.75, 3.05) is 50.0 Å². The van der Waals surface area contributed by atoms with Gasteiger partial charge in [0.15, 0.2) is 5.82 Å². The van der Waals surface area contributed by atoms with E-state index in [9.17, 15) is 22.0 Å². The van der Waals surface area contributed by atoms with Gasteiger partial charge in [-0.05, 0) is 44.9 Å². The Bertz CT molecular complexity index is 1660. The molecule has 0 bridgehead atoms. The first-order valence-corrected chi connectivity index (χ1v) is 14.6. The zero-order valence-electron chi connectivity index (χ0n) is 24.1. The molecule has 3 fully saturated rings. The average molecular weight is 624 g/mol. The number of benzene rings is 1. The van der Waals surface area contributed by atoms with Gasteiger partial charge in [-0.25, -0.2) is 18.2 Å². The summed E-state index contributed by atoms with van der Waals surface area (Å²) in [5.41, 5.74) is 0.557. The summed E-state index contributed by atoms with van der Waals surface area (Å²) < 4.78 is 101. The standard InChI is InChI=1S/C29H31F6N7O2/c1-13-20(29(33,34)35)16(8-17(36)21(13)31)23-22(32)24-19-25(42-7-5-37-10-18(42)14(2)44-26(19)38-23)40-27(39-24)43-12-28-4-3-6-41(28)11-15(30)9-28/h8,14-15,18,37H,3-7,9-12,36H2,1-2H3/t14-,15-,18-,28?/m1/s1. The molecule has 4 aliphatic heterocycles. The number of piperazine rings is 1. The second-order valence-electron chi connectivity index (χ2n) is 12.1. The lowest BCUT2D eigenvalue weighted by Crippen LogP contribution is -2.56. The Kier molecular flexibility index (Phi) is 6.77. The van der Waals surface area contributed by atoms with E-state index in [2.05, 4.69) is 25.2 Å². The number of alkyl halides is 4. The van der Waals surface area contributed by atoms with Crippen LogP contribution in [0.1, 0.15) is 37.3 Å². The summed E-state index contributed by atoms with van der Waals surface area (Å²) in [6.45, 7) is 5.37. The van der Waals surface area contributed by atoms with Crippen LogP contribution in [0.3, 0.4) is 0 Å². The maximum absolute atomic E-state index is 16.6. The predicted molar refractivity (Wildman–Crippen MR) is 149 cm³/mol. The third-order valence-electron chi connectivity index (χ3n) is 9.40. The molecule has 2 aromatic heterocycles. The number of nitrogen functional groups attached to an aromatic ring is 1. The van der Waals surface area contributed by atoms with E-state index in [1.54, 1.807) is 6.92 Å². The minimum Gasteiger partial charge on any atom is -0.472 e. The van der Waals surface area contributed by atoms with E-state index in [-0.39, 0.29) is 47.7 Å². The fourth-order valence-electron chi connectivity index (χ4n) is 7.32. The minimum atomic E-state index is -5.06. The van der Waals surface area contributed by atoms with Gasteiger partial charge in [0.1, 0.15) is 47.1 Å². The maximum Gasteiger partial charge on any atom is 0.417 e. The van der Waals surface area contributed by atoms with Gasteiger partial charge in [0.25, 0.3) is 0 Å². The number of fused-ring (bicyclic) bond motifs is 3. The number of hydrogen-bond donors (Lipinski definition) is 2. The number of anilines is 2. The van der Waals surface area contributed by atoms with Gasteiger partial charge in [-0.15, -0.1) is 0 Å². The summed E-state index contributed by atoms with van der Waals surface area (Å²) >= 11 is 0. The van der Waals surface area contributed by atoms with Gasteiger partial charge >= 0.3 is 12.2 Å². The summed E-state index contributed by atoms with van der Waals surface area (Å²) in [4.78, 5) is 17.2. The van der Waals surface area contributed by atoms with Crippen LogP contribution in [0.5, 0.6) is 11.9 Å². The Morgan fingerprint density at radius 2 is 1.98 bits per heavy atom. The van der Waals surface area contributed by atoms with Crippen LogP contribution in [0.15, 0.2) is 6.07 Å². The highest BCUT2D eigenvalue weighted by atomic mass is 19.4. The van der Waals surface area contributed by atoms with Crippen LogP contribution >= 0.6 is 0 Å². The average Bonchev–Trinajstić information content (AvgIpc) is 3.46. The monoisotopic (exact) mass is 623 g/mol. The molecule has 0 radical (unpaired) electrons. The number of hydrogen-bond acceptors (Lipinski definition) is 9. The van der Waals surface area contributed by atoms with Crippen molar-refractivity contribution >= 4 is 22.4 Å². The summed E-state index contributed by atoms with van der Waals surface area (Å²) in [6.07, 6.45) is -4.70. The molecule has 3 aromatic rings. The summed E-state index contributed by atoms with van der Waals surface area (Å²) in [7, 11) is 0. The number of pyridine rings is 1. The zero-order chi connectivity index (χ0) is 31.1. The number of nitrogens with two attached hydrogens (primary N) is 1. The van der Waals surface area contributed by atoms with E-state index in [0.717, 1.165) is 32.4 Å². The zero-order valence-corrected chi connectivity index (χ0v) is 24.1. The predicted octanol–water partition coefficient (Wildman–Crippen LogP) is 4.39. The van der Waals surface area contributed by atoms with Crippen LogP contribution in [0.25, 0.3) is 22.2 Å². The van der Waals surface area contributed by atoms with Crippen molar-refractivity contribution in [1.29, 1.82) is 0 Å². The molecule has 4 atom stereocenters. The van der Waals surface area contributed by atoms with Crippen LogP contribution in [0, 0.1) is 18.6 Å². The fourth-order valence-corrected chi connectivity index (χ4v) is 7.32. The van der Waals surface area contributed by atoms with Gasteiger partial charge in [0, 0.05) is 38.2 Å². The second-order valence-corrected chi connectivity index (χ2v) is 12.1. The number of halogens is 6. The highest BCUT2D eigenvalue weighted by Crippen LogP contribution is 2.46. The molecule has 9 nitrogen and oxygen atoms in total. The quantitative estimate of drug-likeness (QED) is 0.324. The first-order valence-electron chi connectivity index (χ1n) is 14.6. The smallest absolute Gasteiger partial charge is 0.417 e. The molecule has 44 heavy (non-hydrogen) atoms. The molecular weight excluding hydrogens is 592 g/mol. The van der Waals surface area contributed by atoms with Gasteiger partial charge < -0.3 is 25.4 Å². The Labute approximate surface area is 248 Å². The summed E-state index contributed by atoms with van der Waals surface area (Å²) in [6, 6.07) is 0.245. The van der Waals surface area contributed by atoms with E-state index in [4.69, 9.17) is 15.2 Å². The molecule has 15 heteroatoms. The van der Waals surface area contributed by atoms with Crippen molar-refractivity contribution in [1.82, 2.24) is 25.2 Å². The Morgan fingerprint density at radius 3 is 2.75 bits per heavy atom. The van der Waals surface area contributed by atoms with Crippen molar-refractivity contribution < 1.29 is 35.8 Å². The van der Waals surface area contributed by atoms with E-state index < -0.39 is 63.7 Å². The largest absolute Gasteiger partial charge is 0.472 e. The lowest BCUT2D eigenvalue weighted by Gasteiger charge is -2.38. The number of nitrogens with one attached hydrogen (secondary N) is 1. The molecule has 4 aliphatic rings. The first-order chi connectivity index (χ1) is 20.9. The summed E-state index contributed by atoms with van der Waals surface area (Å²) in [5, 5.41) is 3.37. The molecule has 1 unspecified atom stereocenters. The Morgan fingerprint density at radius 1 is 1.18 bits per heavy atom. The maximum atomic E-state index is 16.6. The molecule has 1 aromatic carbocycles. The molecule has 0 spiro atoms. The summed E-state index contributed by atoms with van der Waals surface area (Å²) in [5.74, 6) is -2.33. The van der Waals surface area contributed by atoms with Crippen LogP contribution in [-0.4, -0.2) is 83.0 Å². The van der Waals surface area contributed by atoms with E-state index >= 15 is 4.39 Å².